The number of piperazine rings is 1. The normalized spacial score (nSPS) is 16.1. The van der Waals surface area contributed by atoms with Crippen molar-refractivity contribution in [2.75, 3.05) is 36.4 Å². The summed E-state index contributed by atoms with van der Waals surface area (Å²) in [6.07, 6.45) is 1.84. The van der Waals surface area contributed by atoms with E-state index in [1.165, 1.54) is 0 Å². The van der Waals surface area contributed by atoms with E-state index in [9.17, 15) is 4.79 Å². The van der Waals surface area contributed by atoms with E-state index in [1.54, 1.807) is 11.3 Å². The number of aromatic nitrogens is 1. The lowest BCUT2D eigenvalue weighted by Gasteiger charge is -2.38. The number of rotatable bonds is 5. The second-order valence-corrected chi connectivity index (χ2v) is 7.38. The third kappa shape index (κ3) is 4.18. The maximum absolute atomic E-state index is 13.1. The van der Waals surface area contributed by atoms with E-state index in [1.807, 2.05) is 72.2 Å². The fraction of sp³-hybridized carbons (Fsp3) is 0.238. The Balaban J connectivity index is 1.51. The molecule has 27 heavy (non-hydrogen) atoms. The Morgan fingerprint density at radius 1 is 0.963 bits per heavy atom. The van der Waals surface area contributed by atoms with Crippen molar-refractivity contribution in [2.24, 2.45) is 0 Å². The fourth-order valence-corrected chi connectivity index (χ4v) is 4.14. The van der Waals surface area contributed by atoms with E-state index in [0.29, 0.717) is 0 Å². The molecule has 5 nitrogen and oxygen atoms in total. The topological polar surface area (TPSA) is 48.5 Å². The lowest BCUT2D eigenvalue weighted by molar-refractivity contribution is -0.121. The summed E-state index contributed by atoms with van der Waals surface area (Å²) in [6, 6.07) is 19.4. The summed E-state index contributed by atoms with van der Waals surface area (Å²) < 4.78 is 0. The third-order valence-corrected chi connectivity index (χ3v) is 5.61. The first-order valence-electron chi connectivity index (χ1n) is 9.10. The quantitative estimate of drug-likeness (QED) is 0.736. The Morgan fingerprint density at radius 2 is 1.63 bits per heavy atom. The molecule has 3 aromatic rings. The molecule has 1 fully saturated rings. The van der Waals surface area contributed by atoms with Crippen LogP contribution in [0.3, 0.4) is 0 Å². The number of anilines is 2. The van der Waals surface area contributed by atoms with Crippen LogP contribution in [-0.2, 0) is 4.79 Å². The molecule has 0 bridgehead atoms. The zero-order valence-corrected chi connectivity index (χ0v) is 15.8. The summed E-state index contributed by atoms with van der Waals surface area (Å²) in [5, 5.41) is 6.13. The summed E-state index contributed by atoms with van der Waals surface area (Å²) in [5.74, 6) is 0.00935. The van der Waals surface area contributed by atoms with Gasteiger partial charge in [-0.1, -0.05) is 48.5 Å². The van der Waals surface area contributed by atoms with E-state index in [0.717, 1.165) is 42.6 Å². The van der Waals surface area contributed by atoms with Crippen molar-refractivity contribution in [1.29, 1.82) is 0 Å². The van der Waals surface area contributed by atoms with Crippen LogP contribution in [0.25, 0.3) is 0 Å². The van der Waals surface area contributed by atoms with Crippen molar-refractivity contribution in [1.82, 2.24) is 9.88 Å². The Kier molecular flexibility index (Phi) is 5.46. The molecule has 1 amide bonds. The number of nitrogens with zero attached hydrogens (tertiary/aromatic N) is 3. The SMILES string of the molecule is O=C(Nc1ccccc1)C(c1ccccc1)N1CCN(c2nccs2)CC1. The molecule has 0 saturated carbocycles. The smallest absolute Gasteiger partial charge is 0.246 e. The first-order valence-corrected chi connectivity index (χ1v) is 9.98. The van der Waals surface area contributed by atoms with E-state index >= 15 is 0 Å². The number of carbonyl (C=O) groups is 1. The summed E-state index contributed by atoms with van der Waals surface area (Å²) >= 11 is 1.66. The van der Waals surface area contributed by atoms with E-state index in [-0.39, 0.29) is 11.9 Å². The molecule has 1 N–H and O–H groups in total. The molecule has 4 rings (SSSR count). The van der Waals surface area contributed by atoms with Crippen LogP contribution < -0.4 is 10.2 Å². The molecule has 0 radical (unpaired) electrons. The van der Waals surface area contributed by atoms with Gasteiger partial charge in [-0.05, 0) is 17.7 Å². The number of thiazole rings is 1. The second kappa shape index (κ2) is 8.33. The van der Waals surface area contributed by atoms with Crippen LogP contribution in [0.2, 0.25) is 0 Å². The highest BCUT2D eigenvalue weighted by Crippen LogP contribution is 2.26. The number of amides is 1. The van der Waals surface area contributed by atoms with Crippen molar-refractivity contribution >= 4 is 28.1 Å². The summed E-state index contributed by atoms with van der Waals surface area (Å²) in [6.45, 7) is 3.38. The molecule has 138 valence electrons. The monoisotopic (exact) mass is 378 g/mol. The van der Waals surface area contributed by atoms with Gasteiger partial charge in [0, 0.05) is 43.4 Å². The first-order chi connectivity index (χ1) is 13.3. The molecule has 2 heterocycles. The Bertz CT molecular complexity index is 846. The second-order valence-electron chi connectivity index (χ2n) is 6.51. The predicted molar refractivity (Wildman–Crippen MR) is 110 cm³/mol. The van der Waals surface area contributed by atoms with Crippen LogP contribution in [0.1, 0.15) is 11.6 Å². The van der Waals surface area contributed by atoms with Crippen LogP contribution in [-0.4, -0.2) is 42.0 Å². The van der Waals surface area contributed by atoms with Crippen molar-refractivity contribution < 1.29 is 4.79 Å². The van der Waals surface area contributed by atoms with Crippen molar-refractivity contribution in [3.05, 3.63) is 77.8 Å². The number of carbonyl (C=O) groups excluding carboxylic acids is 1. The largest absolute Gasteiger partial charge is 0.346 e. The summed E-state index contributed by atoms with van der Waals surface area (Å²) in [4.78, 5) is 22.1. The zero-order valence-electron chi connectivity index (χ0n) is 15.0. The minimum absolute atomic E-state index is 0.00935. The molecule has 0 aliphatic carbocycles. The Morgan fingerprint density at radius 3 is 2.26 bits per heavy atom. The molecule has 0 spiro atoms. The van der Waals surface area contributed by atoms with Gasteiger partial charge < -0.3 is 10.2 Å². The van der Waals surface area contributed by atoms with Crippen LogP contribution in [0, 0.1) is 0 Å². The minimum atomic E-state index is -0.301. The van der Waals surface area contributed by atoms with Gasteiger partial charge >= 0.3 is 0 Å². The van der Waals surface area contributed by atoms with Gasteiger partial charge in [0.15, 0.2) is 5.13 Å². The molecular formula is C21H22N4OS. The number of para-hydroxylation sites is 1. The van der Waals surface area contributed by atoms with Crippen molar-refractivity contribution in [2.45, 2.75) is 6.04 Å². The van der Waals surface area contributed by atoms with Gasteiger partial charge in [0.25, 0.3) is 0 Å². The molecule has 2 aromatic carbocycles. The summed E-state index contributed by atoms with van der Waals surface area (Å²) in [7, 11) is 0. The molecule has 1 aliphatic heterocycles. The molecule has 1 saturated heterocycles. The maximum Gasteiger partial charge on any atom is 0.246 e. The summed E-state index contributed by atoms with van der Waals surface area (Å²) in [5.41, 5.74) is 1.85. The van der Waals surface area contributed by atoms with Gasteiger partial charge in [0.05, 0.1) is 0 Å². The van der Waals surface area contributed by atoms with E-state index < -0.39 is 0 Å². The Hall–Kier alpha value is -2.70. The van der Waals surface area contributed by atoms with Gasteiger partial charge in [-0.2, -0.15) is 0 Å². The number of hydrogen-bond donors (Lipinski definition) is 1. The first kappa shape index (κ1) is 17.7. The highest BCUT2D eigenvalue weighted by atomic mass is 32.1. The number of benzene rings is 2. The zero-order chi connectivity index (χ0) is 18.5. The number of hydrogen-bond acceptors (Lipinski definition) is 5. The Labute approximate surface area is 163 Å². The van der Waals surface area contributed by atoms with Crippen molar-refractivity contribution in [3.8, 4) is 0 Å². The molecule has 1 unspecified atom stereocenters. The average molecular weight is 379 g/mol. The fourth-order valence-electron chi connectivity index (χ4n) is 3.44. The number of nitrogens with one attached hydrogen (secondary N) is 1. The molecular weight excluding hydrogens is 356 g/mol. The standard InChI is InChI=1S/C21H22N4OS/c26-20(23-18-9-5-2-6-10-18)19(17-7-3-1-4-8-17)24-12-14-25(15-13-24)21-22-11-16-27-21/h1-11,16,19H,12-15H2,(H,23,26). The molecule has 1 aliphatic rings. The molecule has 1 atom stereocenters. The van der Waals surface area contributed by atoms with Crippen LogP contribution >= 0.6 is 11.3 Å². The molecule has 1 aromatic heterocycles. The van der Waals surface area contributed by atoms with E-state index in [4.69, 9.17) is 0 Å². The highest BCUT2D eigenvalue weighted by molar-refractivity contribution is 7.13. The van der Waals surface area contributed by atoms with Gasteiger partial charge in [0.1, 0.15) is 6.04 Å². The van der Waals surface area contributed by atoms with Gasteiger partial charge in [-0.25, -0.2) is 4.98 Å². The highest BCUT2D eigenvalue weighted by Gasteiger charge is 2.31. The lowest BCUT2D eigenvalue weighted by atomic mass is 10.0. The van der Waals surface area contributed by atoms with Crippen LogP contribution in [0.4, 0.5) is 10.8 Å². The van der Waals surface area contributed by atoms with Gasteiger partial charge in [0.2, 0.25) is 5.91 Å². The predicted octanol–water partition coefficient (Wildman–Crippen LogP) is 3.65. The molecule has 6 heteroatoms. The third-order valence-electron chi connectivity index (χ3n) is 4.77. The van der Waals surface area contributed by atoms with Gasteiger partial charge in [-0.15, -0.1) is 11.3 Å². The van der Waals surface area contributed by atoms with E-state index in [2.05, 4.69) is 20.1 Å². The minimum Gasteiger partial charge on any atom is -0.346 e. The van der Waals surface area contributed by atoms with Crippen LogP contribution in [0.5, 0.6) is 0 Å². The van der Waals surface area contributed by atoms with Gasteiger partial charge in [-0.3, -0.25) is 9.69 Å². The van der Waals surface area contributed by atoms with Crippen molar-refractivity contribution in [3.63, 3.8) is 0 Å². The van der Waals surface area contributed by atoms with Crippen LogP contribution in [0.15, 0.2) is 72.2 Å². The lowest BCUT2D eigenvalue weighted by Crippen LogP contribution is -2.50. The maximum atomic E-state index is 13.1. The average Bonchev–Trinajstić information content (AvgIpc) is 3.25.